The Morgan fingerprint density at radius 3 is 2.67 bits per heavy atom. The molecule has 1 unspecified atom stereocenters. The molecule has 2 nitrogen and oxygen atoms in total. The summed E-state index contributed by atoms with van der Waals surface area (Å²) in [6, 6.07) is 14.9. The van der Waals surface area contributed by atoms with E-state index < -0.39 is 11.6 Å². The summed E-state index contributed by atoms with van der Waals surface area (Å²) in [5.74, 6) is -0.778. The van der Waals surface area contributed by atoms with Gasteiger partial charge in [-0.2, -0.15) is 0 Å². The molecule has 2 aromatic carbocycles. The molecule has 1 aliphatic rings. The van der Waals surface area contributed by atoms with Gasteiger partial charge in [0.25, 0.3) is 0 Å². The van der Waals surface area contributed by atoms with Crippen LogP contribution >= 0.6 is 0 Å². The number of halogens is 1. The molecule has 0 spiro atoms. The number of rotatable bonds is 4. The van der Waals surface area contributed by atoms with E-state index in [0.29, 0.717) is 24.0 Å². The van der Waals surface area contributed by atoms with Gasteiger partial charge in [-0.3, -0.25) is 0 Å². The lowest BCUT2D eigenvalue weighted by Crippen LogP contribution is -2.39. The Morgan fingerprint density at radius 1 is 1.21 bits per heavy atom. The van der Waals surface area contributed by atoms with E-state index in [1.165, 1.54) is 6.07 Å². The molecule has 0 aromatic heterocycles. The average molecular weight is 324 g/mol. The van der Waals surface area contributed by atoms with E-state index in [1.54, 1.807) is 13.0 Å². The van der Waals surface area contributed by atoms with Crippen molar-refractivity contribution in [2.24, 2.45) is 0 Å². The van der Waals surface area contributed by atoms with Gasteiger partial charge in [0.1, 0.15) is 11.4 Å². The van der Waals surface area contributed by atoms with Crippen molar-refractivity contribution in [3.05, 3.63) is 83.2 Å². The van der Waals surface area contributed by atoms with Crippen molar-refractivity contribution in [2.45, 2.75) is 38.2 Å². The van der Waals surface area contributed by atoms with Crippen LogP contribution in [-0.4, -0.2) is 5.97 Å². The Morgan fingerprint density at radius 2 is 1.96 bits per heavy atom. The molecule has 0 N–H and O–H groups in total. The second-order valence-corrected chi connectivity index (χ2v) is 6.45. The van der Waals surface area contributed by atoms with Crippen LogP contribution in [0.15, 0.2) is 60.7 Å². The summed E-state index contributed by atoms with van der Waals surface area (Å²) in [7, 11) is 0. The highest BCUT2D eigenvalue weighted by Gasteiger charge is 2.42. The van der Waals surface area contributed by atoms with Crippen LogP contribution in [0, 0.1) is 5.82 Å². The van der Waals surface area contributed by atoms with Gasteiger partial charge >= 0.3 is 5.97 Å². The Balaban J connectivity index is 2.10. The highest BCUT2D eigenvalue weighted by atomic mass is 19.1. The average Bonchev–Trinajstić information content (AvgIpc) is 2.56. The molecule has 24 heavy (non-hydrogen) atoms. The van der Waals surface area contributed by atoms with Gasteiger partial charge in [-0.05, 0) is 43.4 Å². The lowest BCUT2D eigenvalue weighted by Gasteiger charge is -2.39. The Bertz CT molecular complexity index is 767. The molecule has 2 aromatic rings. The quantitative estimate of drug-likeness (QED) is 0.601. The van der Waals surface area contributed by atoms with E-state index in [1.807, 2.05) is 36.4 Å². The molecule has 3 heteroatoms. The third kappa shape index (κ3) is 3.12. The summed E-state index contributed by atoms with van der Waals surface area (Å²) in [4.78, 5) is 12.3. The lowest BCUT2D eigenvalue weighted by molar-refractivity contribution is -0.158. The van der Waals surface area contributed by atoms with E-state index in [-0.39, 0.29) is 5.82 Å². The van der Waals surface area contributed by atoms with Gasteiger partial charge in [-0.15, -0.1) is 0 Å². The number of carbonyl (C=O) groups is 1. The molecule has 0 fully saturated rings. The van der Waals surface area contributed by atoms with E-state index in [0.717, 1.165) is 24.0 Å². The first-order chi connectivity index (χ1) is 11.5. The first-order valence-electron chi connectivity index (χ1n) is 8.22. The molecule has 0 heterocycles. The van der Waals surface area contributed by atoms with Crippen LogP contribution in [0.5, 0.6) is 0 Å². The van der Waals surface area contributed by atoms with Crippen LogP contribution in [0.1, 0.15) is 36.5 Å². The molecule has 0 saturated carbocycles. The number of carbonyl (C=O) groups excluding carboxylic acids is 1. The van der Waals surface area contributed by atoms with E-state index in [9.17, 15) is 9.18 Å². The molecule has 0 bridgehead atoms. The van der Waals surface area contributed by atoms with Crippen molar-refractivity contribution in [3.8, 4) is 0 Å². The first kappa shape index (κ1) is 16.4. The Kier molecular flexibility index (Phi) is 4.52. The Hall–Kier alpha value is -2.42. The van der Waals surface area contributed by atoms with Gasteiger partial charge in [-0.1, -0.05) is 49.0 Å². The molecular weight excluding hydrogens is 303 g/mol. The second-order valence-electron chi connectivity index (χ2n) is 6.45. The molecule has 0 amide bonds. The van der Waals surface area contributed by atoms with Gasteiger partial charge in [0.05, 0.1) is 0 Å². The van der Waals surface area contributed by atoms with Crippen LogP contribution in [0.4, 0.5) is 4.39 Å². The summed E-state index contributed by atoms with van der Waals surface area (Å²) >= 11 is 0. The van der Waals surface area contributed by atoms with Gasteiger partial charge in [0.2, 0.25) is 0 Å². The van der Waals surface area contributed by atoms with Gasteiger partial charge in [-0.25, -0.2) is 9.18 Å². The van der Waals surface area contributed by atoms with Crippen LogP contribution in [0.2, 0.25) is 0 Å². The molecule has 3 rings (SSSR count). The summed E-state index contributed by atoms with van der Waals surface area (Å²) in [6.45, 7) is 5.28. The number of fused-ring (bicyclic) bond motifs is 1. The van der Waals surface area contributed by atoms with E-state index in [4.69, 9.17) is 4.74 Å². The number of esters is 1. The maximum atomic E-state index is 14.7. The van der Waals surface area contributed by atoms with Crippen LogP contribution < -0.4 is 0 Å². The molecular formula is C21H21FO2. The SMILES string of the molecule is C=C(C)C(=O)OC1(Cc2ccccc2)CCCc2cccc(F)c21. The zero-order valence-corrected chi connectivity index (χ0v) is 13.8. The zero-order valence-electron chi connectivity index (χ0n) is 13.8. The maximum absolute atomic E-state index is 14.7. The minimum atomic E-state index is -0.976. The summed E-state index contributed by atoms with van der Waals surface area (Å²) in [5, 5.41) is 0. The van der Waals surface area contributed by atoms with E-state index in [2.05, 4.69) is 6.58 Å². The van der Waals surface area contributed by atoms with Gasteiger partial charge in [0.15, 0.2) is 0 Å². The number of benzene rings is 2. The fraction of sp³-hybridized carbons (Fsp3) is 0.286. The third-order valence-corrected chi connectivity index (χ3v) is 4.55. The van der Waals surface area contributed by atoms with Crippen LogP contribution in [0.3, 0.4) is 0 Å². The fourth-order valence-corrected chi connectivity index (χ4v) is 3.48. The molecule has 124 valence electrons. The predicted molar refractivity (Wildman–Crippen MR) is 92.1 cm³/mol. The summed E-state index contributed by atoms with van der Waals surface area (Å²) in [5.41, 5.74) is 1.81. The largest absolute Gasteiger partial charge is 0.450 e. The van der Waals surface area contributed by atoms with Crippen LogP contribution in [-0.2, 0) is 28.0 Å². The lowest BCUT2D eigenvalue weighted by atomic mass is 9.75. The summed E-state index contributed by atoms with van der Waals surface area (Å²) in [6.07, 6.45) is 2.72. The standard InChI is InChI=1S/C21H21FO2/c1-15(2)20(23)24-21(14-16-8-4-3-5-9-16)13-7-11-17-10-6-12-18(22)19(17)21/h3-6,8-10,12H,1,7,11,13-14H2,2H3. The monoisotopic (exact) mass is 324 g/mol. The minimum Gasteiger partial charge on any atom is -0.450 e. The van der Waals surface area contributed by atoms with Crippen molar-refractivity contribution >= 4 is 5.97 Å². The van der Waals surface area contributed by atoms with Crippen molar-refractivity contribution in [1.82, 2.24) is 0 Å². The zero-order chi connectivity index (χ0) is 17.2. The van der Waals surface area contributed by atoms with Crippen molar-refractivity contribution in [3.63, 3.8) is 0 Å². The minimum absolute atomic E-state index is 0.308. The molecule has 0 radical (unpaired) electrons. The number of ether oxygens (including phenoxy) is 1. The third-order valence-electron chi connectivity index (χ3n) is 4.55. The van der Waals surface area contributed by atoms with Crippen molar-refractivity contribution in [2.75, 3.05) is 0 Å². The summed E-state index contributed by atoms with van der Waals surface area (Å²) < 4.78 is 20.6. The first-order valence-corrected chi connectivity index (χ1v) is 8.22. The maximum Gasteiger partial charge on any atom is 0.334 e. The Labute approximate surface area is 142 Å². The molecule has 1 aliphatic carbocycles. The topological polar surface area (TPSA) is 26.3 Å². The highest BCUT2D eigenvalue weighted by molar-refractivity contribution is 5.87. The number of hydrogen-bond acceptors (Lipinski definition) is 2. The molecule has 0 aliphatic heterocycles. The second kappa shape index (κ2) is 6.60. The number of aryl methyl sites for hydroxylation is 1. The highest BCUT2D eigenvalue weighted by Crippen LogP contribution is 2.43. The normalized spacial score (nSPS) is 19.4. The number of hydrogen-bond donors (Lipinski definition) is 0. The van der Waals surface area contributed by atoms with E-state index >= 15 is 0 Å². The molecule has 1 atom stereocenters. The van der Waals surface area contributed by atoms with Crippen molar-refractivity contribution < 1.29 is 13.9 Å². The van der Waals surface area contributed by atoms with Gasteiger partial charge < -0.3 is 4.74 Å². The van der Waals surface area contributed by atoms with Crippen LogP contribution in [0.25, 0.3) is 0 Å². The van der Waals surface area contributed by atoms with Gasteiger partial charge in [0, 0.05) is 17.6 Å². The molecule has 0 saturated heterocycles. The smallest absolute Gasteiger partial charge is 0.334 e. The van der Waals surface area contributed by atoms with Crippen molar-refractivity contribution in [1.29, 1.82) is 0 Å². The fourth-order valence-electron chi connectivity index (χ4n) is 3.48. The predicted octanol–water partition coefficient (Wildman–Crippen LogP) is 4.72.